The Balaban J connectivity index is 1.96. The molecule has 0 aliphatic heterocycles. The van der Waals surface area contributed by atoms with E-state index in [4.69, 9.17) is 21.4 Å². The Bertz CT molecular complexity index is 775. The average Bonchev–Trinajstić information content (AvgIpc) is 3.04. The Morgan fingerprint density at radius 2 is 2.28 bits per heavy atom. The molecule has 1 aromatic carbocycles. The summed E-state index contributed by atoms with van der Waals surface area (Å²) in [4.78, 5) is 10.4. The van der Waals surface area contributed by atoms with E-state index in [2.05, 4.69) is 15.8 Å². The van der Waals surface area contributed by atoms with E-state index < -0.39 is 4.92 Å². The maximum atomic E-state index is 10.8. The van der Waals surface area contributed by atoms with Crippen LogP contribution in [-0.2, 0) is 4.74 Å². The minimum absolute atomic E-state index is 0.00684. The third kappa shape index (κ3) is 5.66. The second-order valence-corrected chi connectivity index (χ2v) is 5.62. The fourth-order valence-electron chi connectivity index (χ4n) is 2.05. The number of non-ortho nitro benzene ring substituents is 1. The molecule has 1 aromatic heterocycles. The van der Waals surface area contributed by atoms with E-state index >= 15 is 0 Å². The molecular formula is C16H18N4O4S. The Morgan fingerprint density at radius 3 is 3.00 bits per heavy atom. The molecule has 25 heavy (non-hydrogen) atoms. The number of furan rings is 1. The summed E-state index contributed by atoms with van der Waals surface area (Å²) >= 11 is 5.09. The highest BCUT2D eigenvalue weighted by atomic mass is 32.1. The lowest BCUT2D eigenvalue weighted by Gasteiger charge is -2.13. The van der Waals surface area contributed by atoms with Gasteiger partial charge in [-0.3, -0.25) is 15.5 Å². The molecule has 0 unspecified atom stereocenters. The maximum Gasteiger partial charge on any atom is 0.270 e. The van der Waals surface area contributed by atoms with Crippen molar-refractivity contribution in [3.63, 3.8) is 0 Å². The van der Waals surface area contributed by atoms with Crippen molar-refractivity contribution in [2.75, 3.05) is 13.7 Å². The Labute approximate surface area is 150 Å². The molecule has 0 saturated carbocycles. The fourth-order valence-corrected chi connectivity index (χ4v) is 2.31. The van der Waals surface area contributed by atoms with Crippen molar-refractivity contribution in [2.24, 2.45) is 5.10 Å². The molecule has 0 aliphatic rings. The lowest BCUT2D eigenvalue weighted by Crippen LogP contribution is -2.40. The second-order valence-electron chi connectivity index (χ2n) is 5.21. The molecule has 0 spiro atoms. The maximum absolute atomic E-state index is 10.8. The highest BCUT2D eigenvalue weighted by Gasteiger charge is 2.09. The van der Waals surface area contributed by atoms with E-state index in [1.165, 1.54) is 18.3 Å². The number of nitro groups is 1. The van der Waals surface area contributed by atoms with Crippen LogP contribution in [0.2, 0.25) is 0 Å². The quantitative estimate of drug-likeness (QED) is 0.338. The van der Waals surface area contributed by atoms with Crippen LogP contribution >= 0.6 is 12.2 Å². The van der Waals surface area contributed by atoms with Gasteiger partial charge in [0.05, 0.1) is 17.7 Å². The summed E-state index contributed by atoms with van der Waals surface area (Å²) in [6, 6.07) is 9.72. The molecule has 0 fully saturated rings. The predicted molar refractivity (Wildman–Crippen MR) is 98.6 cm³/mol. The van der Waals surface area contributed by atoms with Crippen LogP contribution in [-0.4, -0.2) is 36.0 Å². The van der Waals surface area contributed by atoms with E-state index in [9.17, 15) is 10.1 Å². The summed E-state index contributed by atoms with van der Waals surface area (Å²) in [6.07, 6.45) is 1.47. The number of rotatable bonds is 7. The van der Waals surface area contributed by atoms with E-state index in [0.29, 0.717) is 28.8 Å². The van der Waals surface area contributed by atoms with Crippen molar-refractivity contribution in [3.05, 3.63) is 52.3 Å². The van der Waals surface area contributed by atoms with E-state index in [1.54, 1.807) is 31.4 Å². The van der Waals surface area contributed by atoms with Gasteiger partial charge in [-0.1, -0.05) is 12.1 Å². The summed E-state index contributed by atoms with van der Waals surface area (Å²) in [6.45, 7) is 2.45. The number of nitrogens with one attached hydrogen (secondary N) is 2. The SMILES string of the molecule is COC[C@H](C)NC(=S)N/N=C\c1ccc(-c2cccc([N+](=O)[O-])c2)o1. The fraction of sp³-hybridized carbons (Fsp3) is 0.250. The molecule has 9 heteroatoms. The molecule has 0 bridgehead atoms. The van der Waals surface area contributed by atoms with Crippen LogP contribution in [0, 0.1) is 10.1 Å². The highest BCUT2D eigenvalue weighted by molar-refractivity contribution is 7.80. The molecule has 1 heterocycles. The molecule has 132 valence electrons. The third-order valence-corrected chi connectivity index (χ3v) is 3.33. The molecule has 8 nitrogen and oxygen atoms in total. The van der Waals surface area contributed by atoms with Crippen molar-refractivity contribution in [1.82, 2.24) is 10.7 Å². The lowest BCUT2D eigenvalue weighted by molar-refractivity contribution is -0.384. The number of hydrogen-bond acceptors (Lipinski definition) is 6. The first-order valence-electron chi connectivity index (χ1n) is 7.42. The van der Waals surface area contributed by atoms with Gasteiger partial charge in [0.1, 0.15) is 11.5 Å². The largest absolute Gasteiger partial charge is 0.455 e. The zero-order valence-corrected chi connectivity index (χ0v) is 14.6. The minimum atomic E-state index is -0.447. The van der Waals surface area contributed by atoms with Crippen LogP contribution < -0.4 is 10.7 Å². The van der Waals surface area contributed by atoms with Crippen LogP contribution in [0.15, 0.2) is 45.9 Å². The van der Waals surface area contributed by atoms with Crippen LogP contribution in [0.5, 0.6) is 0 Å². The Hall–Kier alpha value is -2.78. The van der Waals surface area contributed by atoms with Gasteiger partial charge in [-0.2, -0.15) is 5.10 Å². The molecule has 2 N–H and O–H groups in total. The highest BCUT2D eigenvalue weighted by Crippen LogP contribution is 2.25. The smallest absolute Gasteiger partial charge is 0.270 e. The van der Waals surface area contributed by atoms with Crippen LogP contribution in [0.25, 0.3) is 11.3 Å². The van der Waals surface area contributed by atoms with Gasteiger partial charge in [0.2, 0.25) is 0 Å². The summed E-state index contributed by atoms with van der Waals surface area (Å²) < 4.78 is 10.6. The number of benzene rings is 1. The zero-order valence-electron chi connectivity index (χ0n) is 13.8. The number of hydrogen-bond donors (Lipinski definition) is 2. The first kappa shape index (κ1) is 18.6. The molecule has 0 saturated heterocycles. The number of ether oxygens (including phenoxy) is 1. The van der Waals surface area contributed by atoms with E-state index in [0.717, 1.165) is 0 Å². The van der Waals surface area contributed by atoms with Gasteiger partial charge < -0.3 is 14.5 Å². The van der Waals surface area contributed by atoms with Gasteiger partial charge in [0.25, 0.3) is 5.69 Å². The number of hydrazone groups is 1. The van der Waals surface area contributed by atoms with Crippen LogP contribution in [0.1, 0.15) is 12.7 Å². The summed E-state index contributed by atoms with van der Waals surface area (Å²) in [7, 11) is 1.61. The first-order chi connectivity index (χ1) is 12.0. The predicted octanol–water partition coefficient (Wildman–Crippen LogP) is 2.69. The number of nitrogens with zero attached hydrogens (tertiary/aromatic N) is 2. The second kappa shape index (κ2) is 8.90. The molecule has 0 aliphatic carbocycles. The summed E-state index contributed by atoms with van der Waals surface area (Å²) in [5.74, 6) is 1.00. The number of nitro benzene ring substituents is 1. The zero-order chi connectivity index (χ0) is 18.2. The summed E-state index contributed by atoms with van der Waals surface area (Å²) in [5.41, 5.74) is 3.30. The minimum Gasteiger partial charge on any atom is -0.455 e. The summed E-state index contributed by atoms with van der Waals surface area (Å²) in [5, 5.41) is 18.2. The molecule has 2 aromatic rings. The lowest BCUT2D eigenvalue weighted by atomic mass is 10.1. The van der Waals surface area contributed by atoms with Gasteiger partial charge in [-0.15, -0.1) is 0 Å². The van der Waals surface area contributed by atoms with Crippen molar-refractivity contribution < 1.29 is 14.1 Å². The third-order valence-electron chi connectivity index (χ3n) is 3.12. The van der Waals surface area contributed by atoms with E-state index in [-0.39, 0.29) is 11.7 Å². The van der Waals surface area contributed by atoms with Crippen molar-refractivity contribution >= 4 is 29.2 Å². The van der Waals surface area contributed by atoms with Gasteiger partial charge in [0, 0.05) is 30.8 Å². The number of thiocarbonyl (C=S) groups is 1. The van der Waals surface area contributed by atoms with Crippen molar-refractivity contribution in [3.8, 4) is 11.3 Å². The molecule has 2 rings (SSSR count). The van der Waals surface area contributed by atoms with Crippen LogP contribution in [0.4, 0.5) is 5.69 Å². The van der Waals surface area contributed by atoms with Crippen LogP contribution in [0.3, 0.4) is 0 Å². The van der Waals surface area contributed by atoms with Crippen molar-refractivity contribution in [2.45, 2.75) is 13.0 Å². The normalized spacial score (nSPS) is 12.1. The number of methoxy groups -OCH3 is 1. The molecule has 0 radical (unpaired) electrons. The van der Waals surface area contributed by atoms with Gasteiger partial charge >= 0.3 is 0 Å². The van der Waals surface area contributed by atoms with Gasteiger partial charge in [-0.05, 0) is 31.3 Å². The first-order valence-corrected chi connectivity index (χ1v) is 7.83. The molecular weight excluding hydrogens is 344 g/mol. The average molecular weight is 362 g/mol. The topological polar surface area (TPSA) is 102 Å². The van der Waals surface area contributed by atoms with Gasteiger partial charge in [-0.25, -0.2) is 0 Å². The van der Waals surface area contributed by atoms with Gasteiger partial charge in [0.15, 0.2) is 5.11 Å². The van der Waals surface area contributed by atoms with Crippen molar-refractivity contribution in [1.29, 1.82) is 0 Å². The Morgan fingerprint density at radius 1 is 1.48 bits per heavy atom. The molecule has 1 atom stereocenters. The monoisotopic (exact) mass is 362 g/mol. The standard InChI is InChI=1S/C16H18N4O4S/c1-11(10-23-2)18-16(25)19-17-9-14-6-7-15(24-14)12-4-3-5-13(8-12)20(21)22/h3-9,11H,10H2,1-2H3,(H2,18,19,25)/b17-9-/t11-/m0/s1. The Kier molecular flexibility index (Phi) is 6.61. The molecule has 0 amide bonds. The van der Waals surface area contributed by atoms with E-state index in [1.807, 2.05) is 6.92 Å².